The van der Waals surface area contributed by atoms with Gasteiger partial charge in [-0.15, -0.1) is 0 Å². The Bertz CT molecular complexity index is 399. The molecule has 2 N–H and O–H groups in total. The Labute approximate surface area is 133 Å². The topological polar surface area (TPSA) is 58.2 Å². The van der Waals surface area contributed by atoms with E-state index < -0.39 is 0 Å². The predicted molar refractivity (Wildman–Crippen MR) is 86.0 cm³/mol. The van der Waals surface area contributed by atoms with Crippen LogP contribution in [0.5, 0.6) is 0 Å². The number of carbonyl (C=O) groups is 2. The maximum absolute atomic E-state index is 11.9. The van der Waals surface area contributed by atoms with Crippen molar-refractivity contribution in [1.82, 2.24) is 10.6 Å². The summed E-state index contributed by atoms with van der Waals surface area (Å²) in [5.74, 6) is 3.41. The van der Waals surface area contributed by atoms with Crippen LogP contribution in [0.15, 0.2) is 0 Å². The van der Waals surface area contributed by atoms with Crippen LogP contribution in [-0.4, -0.2) is 24.9 Å². The lowest BCUT2D eigenvalue weighted by atomic mass is 9.81. The average Bonchev–Trinajstić information content (AvgIpc) is 3.41. The van der Waals surface area contributed by atoms with Gasteiger partial charge < -0.3 is 10.6 Å². The van der Waals surface area contributed by atoms with Crippen LogP contribution >= 0.6 is 0 Å². The summed E-state index contributed by atoms with van der Waals surface area (Å²) in [7, 11) is 0. The second-order valence-electron chi connectivity index (χ2n) is 8.03. The normalized spacial score (nSPS) is 39.9. The summed E-state index contributed by atoms with van der Waals surface area (Å²) in [6.45, 7) is 5.94. The minimum Gasteiger partial charge on any atom is -0.356 e. The summed E-state index contributed by atoms with van der Waals surface area (Å²) in [4.78, 5) is 23.8. The molecular weight excluding hydrogens is 276 g/mol. The molecule has 0 saturated heterocycles. The molecule has 6 atom stereocenters. The Balaban J connectivity index is 1.34. The highest BCUT2D eigenvalue weighted by molar-refractivity contribution is 5.81. The molecule has 0 aromatic carbocycles. The summed E-state index contributed by atoms with van der Waals surface area (Å²) in [5.41, 5.74) is 0. The molecule has 124 valence electrons. The highest BCUT2D eigenvalue weighted by Gasteiger charge is 2.40. The van der Waals surface area contributed by atoms with Crippen molar-refractivity contribution in [2.24, 2.45) is 35.5 Å². The third kappa shape index (κ3) is 4.02. The first-order valence-corrected chi connectivity index (χ1v) is 9.10. The fourth-order valence-corrected chi connectivity index (χ4v) is 3.90. The SMILES string of the molecule is CC1CC1C(=O)NCC1CCCC(CNC(=O)C2CC2C)C1. The van der Waals surface area contributed by atoms with E-state index in [1.807, 2.05) is 0 Å². The second kappa shape index (κ2) is 6.59. The standard InChI is InChI=1S/C18H30N2O2/c1-11-6-15(11)17(21)19-9-13-4-3-5-14(8-13)10-20-18(22)16-7-12(16)2/h11-16H,3-10H2,1-2H3,(H,19,21)(H,20,22). The molecule has 0 aromatic heterocycles. The van der Waals surface area contributed by atoms with Gasteiger partial charge in [0, 0.05) is 24.9 Å². The smallest absolute Gasteiger partial charge is 0.223 e. The van der Waals surface area contributed by atoms with Gasteiger partial charge in [-0.05, 0) is 55.8 Å². The molecule has 0 spiro atoms. The number of nitrogens with one attached hydrogen (secondary N) is 2. The van der Waals surface area contributed by atoms with Crippen molar-refractivity contribution in [3.05, 3.63) is 0 Å². The number of hydrogen-bond donors (Lipinski definition) is 2. The minimum atomic E-state index is 0.255. The maximum Gasteiger partial charge on any atom is 0.223 e. The van der Waals surface area contributed by atoms with Crippen molar-refractivity contribution in [1.29, 1.82) is 0 Å². The van der Waals surface area contributed by atoms with Gasteiger partial charge in [-0.2, -0.15) is 0 Å². The van der Waals surface area contributed by atoms with E-state index >= 15 is 0 Å². The van der Waals surface area contributed by atoms with Crippen LogP contribution in [-0.2, 0) is 9.59 Å². The second-order valence-corrected chi connectivity index (χ2v) is 8.03. The number of hydrogen-bond acceptors (Lipinski definition) is 2. The molecule has 4 heteroatoms. The number of amides is 2. The molecule has 0 aliphatic heterocycles. The quantitative estimate of drug-likeness (QED) is 0.791. The Hall–Kier alpha value is -1.06. The summed E-state index contributed by atoms with van der Waals surface area (Å²) in [5, 5.41) is 6.28. The zero-order valence-corrected chi connectivity index (χ0v) is 13.9. The maximum atomic E-state index is 11.9. The summed E-state index contributed by atoms with van der Waals surface area (Å²) in [6, 6.07) is 0. The molecular formula is C18H30N2O2. The molecule has 3 aliphatic carbocycles. The van der Waals surface area contributed by atoms with Gasteiger partial charge in [-0.3, -0.25) is 9.59 Å². The fourth-order valence-electron chi connectivity index (χ4n) is 3.90. The molecule has 4 nitrogen and oxygen atoms in total. The van der Waals surface area contributed by atoms with Gasteiger partial charge >= 0.3 is 0 Å². The third-order valence-corrected chi connectivity index (χ3v) is 5.91. The lowest BCUT2D eigenvalue weighted by molar-refractivity contribution is -0.123. The molecule has 3 fully saturated rings. The van der Waals surface area contributed by atoms with E-state index in [4.69, 9.17) is 0 Å². The van der Waals surface area contributed by atoms with Crippen molar-refractivity contribution in [3.8, 4) is 0 Å². The minimum absolute atomic E-state index is 0.255. The van der Waals surface area contributed by atoms with Crippen molar-refractivity contribution < 1.29 is 9.59 Å². The van der Waals surface area contributed by atoms with E-state index in [1.165, 1.54) is 19.3 Å². The third-order valence-electron chi connectivity index (χ3n) is 5.91. The fraction of sp³-hybridized carbons (Fsp3) is 0.889. The number of rotatable bonds is 6. The average molecular weight is 306 g/mol. The van der Waals surface area contributed by atoms with Gasteiger partial charge in [0.25, 0.3) is 0 Å². The van der Waals surface area contributed by atoms with Gasteiger partial charge in [-0.1, -0.05) is 20.3 Å². The first kappa shape index (κ1) is 15.8. The molecule has 3 aliphatic rings. The predicted octanol–water partition coefficient (Wildman–Crippen LogP) is 2.34. The highest BCUT2D eigenvalue weighted by atomic mass is 16.2. The van der Waals surface area contributed by atoms with E-state index in [-0.39, 0.29) is 23.7 Å². The van der Waals surface area contributed by atoms with Crippen LogP contribution < -0.4 is 10.6 Å². The van der Waals surface area contributed by atoms with Gasteiger partial charge in [0.1, 0.15) is 0 Å². The van der Waals surface area contributed by atoms with Crippen molar-refractivity contribution in [2.45, 2.75) is 52.4 Å². The van der Waals surface area contributed by atoms with Crippen molar-refractivity contribution in [3.63, 3.8) is 0 Å². The zero-order chi connectivity index (χ0) is 15.7. The van der Waals surface area contributed by atoms with Crippen LogP contribution in [0.25, 0.3) is 0 Å². The van der Waals surface area contributed by atoms with E-state index in [1.54, 1.807) is 0 Å². The zero-order valence-electron chi connectivity index (χ0n) is 13.9. The van der Waals surface area contributed by atoms with Crippen LogP contribution in [0.2, 0.25) is 0 Å². The first-order chi connectivity index (χ1) is 10.5. The molecule has 3 saturated carbocycles. The Morgan fingerprint density at radius 1 is 0.818 bits per heavy atom. The van der Waals surface area contributed by atoms with Gasteiger partial charge in [0.2, 0.25) is 11.8 Å². The lowest BCUT2D eigenvalue weighted by Crippen LogP contribution is -2.36. The van der Waals surface area contributed by atoms with Crippen molar-refractivity contribution >= 4 is 11.8 Å². The summed E-state index contributed by atoms with van der Waals surface area (Å²) >= 11 is 0. The van der Waals surface area contributed by atoms with E-state index in [0.29, 0.717) is 23.7 Å². The molecule has 2 amide bonds. The molecule has 0 radical (unpaired) electrons. The number of carbonyl (C=O) groups excluding carboxylic acids is 2. The first-order valence-electron chi connectivity index (χ1n) is 9.10. The van der Waals surface area contributed by atoms with Crippen LogP contribution in [0.3, 0.4) is 0 Å². The van der Waals surface area contributed by atoms with Crippen molar-refractivity contribution in [2.75, 3.05) is 13.1 Å². The van der Waals surface area contributed by atoms with Gasteiger partial charge in [0.05, 0.1) is 0 Å². The largest absolute Gasteiger partial charge is 0.356 e. The molecule has 0 bridgehead atoms. The van der Waals surface area contributed by atoms with Crippen LogP contribution in [0, 0.1) is 35.5 Å². The Morgan fingerprint density at radius 3 is 1.59 bits per heavy atom. The monoisotopic (exact) mass is 306 g/mol. The molecule has 6 unspecified atom stereocenters. The molecule has 0 aromatic rings. The van der Waals surface area contributed by atoms with Crippen LogP contribution in [0.1, 0.15) is 52.4 Å². The molecule has 22 heavy (non-hydrogen) atoms. The summed E-state index contributed by atoms with van der Waals surface area (Å²) in [6.07, 6.45) is 6.91. The van der Waals surface area contributed by atoms with Crippen LogP contribution in [0.4, 0.5) is 0 Å². The lowest BCUT2D eigenvalue weighted by Gasteiger charge is -2.29. The van der Waals surface area contributed by atoms with Gasteiger partial charge in [-0.25, -0.2) is 0 Å². The van der Waals surface area contributed by atoms with E-state index in [2.05, 4.69) is 24.5 Å². The Morgan fingerprint density at radius 2 is 1.23 bits per heavy atom. The Kier molecular flexibility index (Phi) is 4.74. The van der Waals surface area contributed by atoms with E-state index in [0.717, 1.165) is 32.4 Å². The van der Waals surface area contributed by atoms with Gasteiger partial charge in [0.15, 0.2) is 0 Å². The highest BCUT2D eigenvalue weighted by Crippen LogP contribution is 2.38. The van der Waals surface area contributed by atoms with E-state index in [9.17, 15) is 9.59 Å². The molecule has 3 rings (SSSR count). The summed E-state index contributed by atoms with van der Waals surface area (Å²) < 4.78 is 0. The molecule has 0 heterocycles.